The third kappa shape index (κ3) is 1.54. The topological polar surface area (TPSA) is 32.3 Å². The predicted molar refractivity (Wildman–Crippen MR) is 48.9 cm³/mol. The molecule has 1 heterocycles. The zero-order valence-corrected chi connectivity index (χ0v) is 7.42. The van der Waals surface area contributed by atoms with Crippen molar-refractivity contribution in [3.8, 4) is 0 Å². The SMILES string of the molecule is OC1CNCCC2=CCCCC21. The molecule has 0 saturated carbocycles. The van der Waals surface area contributed by atoms with Gasteiger partial charge in [0.1, 0.15) is 0 Å². The number of β-amino-alcohol motifs (C(OH)–C–C–N with tert-alkyl or cyclic N) is 1. The van der Waals surface area contributed by atoms with Crippen LogP contribution in [0.15, 0.2) is 11.6 Å². The van der Waals surface area contributed by atoms with E-state index in [2.05, 4.69) is 11.4 Å². The summed E-state index contributed by atoms with van der Waals surface area (Å²) in [6, 6.07) is 0. The number of allylic oxidation sites excluding steroid dienone is 1. The van der Waals surface area contributed by atoms with Gasteiger partial charge >= 0.3 is 0 Å². The van der Waals surface area contributed by atoms with E-state index >= 15 is 0 Å². The van der Waals surface area contributed by atoms with Gasteiger partial charge in [-0.1, -0.05) is 11.6 Å². The fraction of sp³-hybridized carbons (Fsp3) is 0.800. The smallest absolute Gasteiger partial charge is 0.0729 e. The van der Waals surface area contributed by atoms with Crippen molar-refractivity contribution in [3.63, 3.8) is 0 Å². The Bertz CT molecular complexity index is 188. The molecule has 0 spiro atoms. The molecule has 68 valence electrons. The van der Waals surface area contributed by atoms with Crippen LogP contribution in [0.4, 0.5) is 0 Å². The lowest BCUT2D eigenvalue weighted by Gasteiger charge is -2.25. The molecule has 2 unspecified atom stereocenters. The van der Waals surface area contributed by atoms with Crippen LogP contribution in [0.2, 0.25) is 0 Å². The summed E-state index contributed by atoms with van der Waals surface area (Å²) < 4.78 is 0. The highest BCUT2D eigenvalue weighted by Crippen LogP contribution is 2.30. The van der Waals surface area contributed by atoms with Crippen LogP contribution in [0.25, 0.3) is 0 Å². The normalized spacial score (nSPS) is 36.6. The molecule has 0 radical (unpaired) electrons. The number of hydrogen-bond acceptors (Lipinski definition) is 2. The van der Waals surface area contributed by atoms with Crippen LogP contribution in [-0.4, -0.2) is 24.3 Å². The van der Waals surface area contributed by atoms with Gasteiger partial charge in [-0.05, 0) is 32.2 Å². The summed E-state index contributed by atoms with van der Waals surface area (Å²) in [7, 11) is 0. The number of rotatable bonds is 0. The number of hydrogen-bond donors (Lipinski definition) is 2. The maximum absolute atomic E-state index is 9.78. The molecule has 2 rings (SSSR count). The van der Waals surface area contributed by atoms with E-state index in [1.807, 2.05) is 0 Å². The first kappa shape index (κ1) is 8.27. The zero-order valence-electron chi connectivity index (χ0n) is 7.42. The lowest BCUT2D eigenvalue weighted by molar-refractivity contribution is 0.121. The van der Waals surface area contributed by atoms with Gasteiger partial charge in [0.2, 0.25) is 0 Å². The molecule has 2 N–H and O–H groups in total. The maximum atomic E-state index is 9.78. The van der Waals surface area contributed by atoms with Crippen molar-refractivity contribution in [2.75, 3.05) is 13.1 Å². The highest BCUT2D eigenvalue weighted by molar-refractivity contribution is 5.13. The second-order valence-corrected chi connectivity index (χ2v) is 3.84. The molecule has 1 fully saturated rings. The van der Waals surface area contributed by atoms with Crippen molar-refractivity contribution in [3.05, 3.63) is 11.6 Å². The average Bonchev–Trinajstić information content (AvgIpc) is 2.29. The van der Waals surface area contributed by atoms with Crippen LogP contribution in [0, 0.1) is 5.92 Å². The molecule has 2 nitrogen and oxygen atoms in total. The first-order valence-electron chi connectivity index (χ1n) is 4.95. The van der Waals surface area contributed by atoms with E-state index in [9.17, 15) is 5.11 Å². The first-order chi connectivity index (χ1) is 5.88. The molecule has 2 heteroatoms. The number of nitrogens with one attached hydrogen (secondary N) is 1. The van der Waals surface area contributed by atoms with Crippen LogP contribution in [0.1, 0.15) is 25.7 Å². The van der Waals surface area contributed by atoms with E-state index < -0.39 is 0 Å². The van der Waals surface area contributed by atoms with E-state index in [4.69, 9.17) is 0 Å². The summed E-state index contributed by atoms with van der Waals surface area (Å²) >= 11 is 0. The van der Waals surface area contributed by atoms with E-state index in [1.165, 1.54) is 24.8 Å². The van der Waals surface area contributed by atoms with Gasteiger partial charge in [-0.15, -0.1) is 0 Å². The van der Waals surface area contributed by atoms with Crippen LogP contribution in [-0.2, 0) is 0 Å². The molecule has 1 aliphatic heterocycles. The summed E-state index contributed by atoms with van der Waals surface area (Å²) in [5.41, 5.74) is 1.50. The minimum absolute atomic E-state index is 0.140. The molecule has 0 amide bonds. The molecule has 0 aromatic rings. The van der Waals surface area contributed by atoms with Gasteiger partial charge in [0.25, 0.3) is 0 Å². The number of fused-ring (bicyclic) bond motifs is 1. The van der Waals surface area contributed by atoms with E-state index in [0.29, 0.717) is 5.92 Å². The molecule has 0 bridgehead atoms. The Hall–Kier alpha value is -0.340. The van der Waals surface area contributed by atoms with Gasteiger partial charge in [0.05, 0.1) is 6.10 Å². The highest BCUT2D eigenvalue weighted by atomic mass is 16.3. The van der Waals surface area contributed by atoms with Gasteiger partial charge in [-0.2, -0.15) is 0 Å². The lowest BCUT2D eigenvalue weighted by Crippen LogP contribution is -2.30. The van der Waals surface area contributed by atoms with Crippen molar-refractivity contribution in [1.82, 2.24) is 5.32 Å². The molecular formula is C10H17NO. The van der Waals surface area contributed by atoms with E-state index in [0.717, 1.165) is 19.5 Å². The van der Waals surface area contributed by atoms with Crippen molar-refractivity contribution < 1.29 is 5.11 Å². The summed E-state index contributed by atoms with van der Waals surface area (Å²) in [5, 5.41) is 13.0. The molecule has 2 atom stereocenters. The third-order valence-corrected chi connectivity index (χ3v) is 3.01. The van der Waals surface area contributed by atoms with Gasteiger partial charge < -0.3 is 10.4 Å². The fourth-order valence-corrected chi connectivity index (χ4v) is 2.31. The van der Waals surface area contributed by atoms with Crippen LogP contribution in [0.3, 0.4) is 0 Å². The van der Waals surface area contributed by atoms with Crippen LogP contribution < -0.4 is 5.32 Å². The van der Waals surface area contributed by atoms with E-state index in [-0.39, 0.29) is 6.10 Å². The highest BCUT2D eigenvalue weighted by Gasteiger charge is 2.26. The van der Waals surface area contributed by atoms with Crippen molar-refractivity contribution in [2.24, 2.45) is 5.92 Å². The summed E-state index contributed by atoms with van der Waals surface area (Å²) in [5.74, 6) is 0.466. The summed E-state index contributed by atoms with van der Waals surface area (Å²) in [4.78, 5) is 0. The largest absolute Gasteiger partial charge is 0.391 e. The van der Waals surface area contributed by atoms with Crippen molar-refractivity contribution >= 4 is 0 Å². The molecule has 2 aliphatic rings. The van der Waals surface area contributed by atoms with Crippen LogP contribution >= 0.6 is 0 Å². The molecule has 1 saturated heterocycles. The Morgan fingerprint density at radius 2 is 2.42 bits per heavy atom. The van der Waals surface area contributed by atoms with Gasteiger partial charge in [0.15, 0.2) is 0 Å². The molecule has 12 heavy (non-hydrogen) atoms. The van der Waals surface area contributed by atoms with E-state index in [1.54, 1.807) is 0 Å². The van der Waals surface area contributed by atoms with Gasteiger partial charge in [-0.25, -0.2) is 0 Å². The maximum Gasteiger partial charge on any atom is 0.0729 e. The Morgan fingerprint density at radius 1 is 1.50 bits per heavy atom. The number of aliphatic hydroxyl groups is 1. The minimum Gasteiger partial charge on any atom is -0.391 e. The van der Waals surface area contributed by atoms with Crippen molar-refractivity contribution in [1.29, 1.82) is 0 Å². The van der Waals surface area contributed by atoms with Crippen LogP contribution in [0.5, 0.6) is 0 Å². The summed E-state index contributed by atoms with van der Waals surface area (Å²) in [6.45, 7) is 1.82. The molecule has 1 aliphatic carbocycles. The monoisotopic (exact) mass is 167 g/mol. The minimum atomic E-state index is -0.140. The Morgan fingerprint density at radius 3 is 3.33 bits per heavy atom. The zero-order chi connectivity index (χ0) is 8.39. The number of aliphatic hydroxyl groups excluding tert-OH is 1. The second-order valence-electron chi connectivity index (χ2n) is 3.84. The van der Waals surface area contributed by atoms with Crippen molar-refractivity contribution in [2.45, 2.75) is 31.8 Å². The Balaban J connectivity index is 2.14. The standard InChI is InChI=1S/C10H17NO/c12-10-7-11-6-5-8-3-1-2-4-9(8)10/h3,9-12H,1-2,4-7H2. The Labute approximate surface area is 73.7 Å². The van der Waals surface area contributed by atoms with Gasteiger partial charge in [0, 0.05) is 12.5 Å². The molecular weight excluding hydrogens is 150 g/mol. The third-order valence-electron chi connectivity index (χ3n) is 3.01. The predicted octanol–water partition coefficient (Wildman–Crippen LogP) is 1.07. The fourth-order valence-electron chi connectivity index (χ4n) is 2.31. The quantitative estimate of drug-likeness (QED) is 0.529. The lowest BCUT2D eigenvalue weighted by atomic mass is 9.83. The average molecular weight is 167 g/mol. The van der Waals surface area contributed by atoms with Gasteiger partial charge in [-0.3, -0.25) is 0 Å². The first-order valence-corrected chi connectivity index (χ1v) is 4.95. The molecule has 0 aromatic heterocycles. The second kappa shape index (κ2) is 3.58. The molecule has 0 aromatic carbocycles. The Kier molecular flexibility index (Phi) is 2.47. The summed E-state index contributed by atoms with van der Waals surface area (Å²) in [6.07, 6.45) is 7.00.